The topological polar surface area (TPSA) is 125 Å². The number of fused-ring (bicyclic) bond motifs is 5. The Morgan fingerprint density at radius 2 is 2.02 bits per heavy atom. The second kappa shape index (κ2) is 10.8. The standard InChI is InChI=1S/C31H42N2O7/c1-16(2)30(38)33(14-18-6-7-19-12-22(18)31(19,3)4)23-13-21(29(37)32-8-9-34)25-20-10-17(15-35)11-24(39-5)27(20)40-28(25)26(23)36/h10-11,13,15-16,18-19,22-23,25-26,28,34,36H,6-9,12,14H2,1-5H3,(H,32,37). The molecule has 218 valence electrons. The number of aliphatic hydroxyl groups is 2. The first-order chi connectivity index (χ1) is 19.0. The van der Waals surface area contributed by atoms with Crippen LogP contribution in [0.3, 0.4) is 0 Å². The molecule has 0 aromatic heterocycles. The summed E-state index contributed by atoms with van der Waals surface area (Å²) in [6.07, 6.45) is 3.76. The summed E-state index contributed by atoms with van der Waals surface area (Å²) in [5.74, 6) is 0.795. The van der Waals surface area contributed by atoms with Gasteiger partial charge in [-0.05, 0) is 60.6 Å². The first-order valence-corrected chi connectivity index (χ1v) is 14.5. The van der Waals surface area contributed by atoms with E-state index < -0.39 is 30.1 Å². The second-order valence-electron chi connectivity index (χ2n) is 12.7. The highest BCUT2D eigenvalue weighted by Gasteiger charge is 2.56. The van der Waals surface area contributed by atoms with Crippen molar-refractivity contribution in [3.8, 4) is 11.5 Å². The van der Waals surface area contributed by atoms with Gasteiger partial charge in [0.2, 0.25) is 11.8 Å². The predicted octanol–water partition coefficient (Wildman–Crippen LogP) is 2.69. The second-order valence-corrected chi connectivity index (χ2v) is 12.7. The number of hydrogen-bond acceptors (Lipinski definition) is 7. The fourth-order valence-corrected chi connectivity index (χ4v) is 7.68. The number of benzene rings is 1. The lowest BCUT2D eigenvalue weighted by molar-refractivity contribution is -0.149. The molecule has 7 atom stereocenters. The molecule has 3 N–H and O–H groups in total. The Balaban J connectivity index is 1.56. The summed E-state index contributed by atoms with van der Waals surface area (Å²) in [4.78, 5) is 40.7. The molecule has 9 heteroatoms. The van der Waals surface area contributed by atoms with E-state index in [1.54, 1.807) is 23.1 Å². The van der Waals surface area contributed by atoms with Crippen molar-refractivity contribution in [1.29, 1.82) is 0 Å². The van der Waals surface area contributed by atoms with Crippen molar-refractivity contribution >= 4 is 18.1 Å². The zero-order chi connectivity index (χ0) is 28.9. The van der Waals surface area contributed by atoms with Crippen LogP contribution in [-0.2, 0) is 9.59 Å². The van der Waals surface area contributed by atoms with Gasteiger partial charge in [-0.2, -0.15) is 0 Å². The van der Waals surface area contributed by atoms with E-state index in [0.29, 0.717) is 52.9 Å². The summed E-state index contributed by atoms with van der Waals surface area (Å²) >= 11 is 0. The van der Waals surface area contributed by atoms with Gasteiger partial charge in [0.1, 0.15) is 18.5 Å². The average molecular weight is 555 g/mol. The van der Waals surface area contributed by atoms with Crippen LogP contribution in [0.25, 0.3) is 0 Å². The lowest BCUT2D eigenvalue weighted by atomic mass is 9.45. The molecule has 4 aliphatic carbocycles. The minimum atomic E-state index is -1.12. The minimum Gasteiger partial charge on any atom is -0.493 e. The summed E-state index contributed by atoms with van der Waals surface area (Å²) in [5, 5.41) is 23.9. The summed E-state index contributed by atoms with van der Waals surface area (Å²) in [6.45, 7) is 8.67. The number of carbonyl (C=O) groups excluding carboxylic acids is 3. The van der Waals surface area contributed by atoms with Crippen molar-refractivity contribution in [2.45, 2.75) is 71.1 Å². The van der Waals surface area contributed by atoms with E-state index in [9.17, 15) is 24.6 Å². The van der Waals surface area contributed by atoms with Gasteiger partial charge < -0.3 is 29.9 Å². The molecule has 2 bridgehead atoms. The Kier molecular flexibility index (Phi) is 7.74. The molecule has 0 saturated heterocycles. The van der Waals surface area contributed by atoms with Crippen molar-refractivity contribution < 1.29 is 34.1 Å². The summed E-state index contributed by atoms with van der Waals surface area (Å²) < 4.78 is 11.8. The number of methoxy groups -OCH3 is 1. The number of aldehydes is 1. The van der Waals surface area contributed by atoms with Crippen LogP contribution in [0.1, 0.15) is 68.8 Å². The van der Waals surface area contributed by atoms with Crippen LogP contribution in [0, 0.1) is 29.1 Å². The number of ether oxygens (including phenoxy) is 2. The molecule has 3 saturated carbocycles. The van der Waals surface area contributed by atoms with Crippen LogP contribution in [0.5, 0.6) is 11.5 Å². The highest BCUT2D eigenvalue weighted by Crippen LogP contribution is 2.61. The normalized spacial score (nSPS) is 31.2. The van der Waals surface area contributed by atoms with E-state index in [1.807, 2.05) is 13.8 Å². The smallest absolute Gasteiger partial charge is 0.247 e. The van der Waals surface area contributed by atoms with Crippen LogP contribution in [0.2, 0.25) is 0 Å². The predicted molar refractivity (Wildman–Crippen MR) is 148 cm³/mol. The molecule has 9 nitrogen and oxygen atoms in total. The van der Waals surface area contributed by atoms with Gasteiger partial charge in [-0.1, -0.05) is 27.7 Å². The SMILES string of the molecule is COc1cc(C=O)cc2c1OC1C2C(C(=O)NCCO)=CC(N(CC2CCC3CC2C3(C)C)C(=O)C(C)C)C1O. The molecule has 2 amide bonds. The number of hydrogen-bond donors (Lipinski definition) is 3. The zero-order valence-electron chi connectivity index (χ0n) is 24.1. The molecule has 3 fully saturated rings. The van der Waals surface area contributed by atoms with E-state index in [0.717, 1.165) is 18.8 Å². The average Bonchev–Trinajstić information content (AvgIpc) is 3.34. The van der Waals surface area contributed by atoms with Gasteiger partial charge in [0.05, 0.1) is 25.7 Å². The molecular formula is C31H42N2O7. The third-order valence-corrected chi connectivity index (χ3v) is 9.98. The molecule has 0 spiro atoms. The van der Waals surface area contributed by atoms with Crippen LogP contribution in [0.4, 0.5) is 0 Å². The van der Waals surface area contributed by atoms with Crippen molar-refractivity contribution in [3.05, 3.63) is 34.9 Å². The van der Waals surface area contributed by atoms with Gasteiger partial charge in [0.25, 0.3) is 0 Å². The van der Waals surface area contributed by atoms with Crippen molar-refractivity contribution in [1.82, 2.24) is 10.2 Å². The van der Waals surface area contributed by atoms with Gasteiger partial charge in [0, 0.05) is 35.7 Å². The largest absolute Gasteiger partial charge is 0.493 e. The Hall–Kier alpha value is -2.91. The van der Waals surface area contributed by atoms with E-state index in [2.05, 4.69) is 19.2 Å². The van der Waals surface area contributed by atoms with Crippen LogP contribution < -0.4 is 14.8 Å². The van der Waals surface area contributed by atoms with Gasteiger partial charge in [-0.3, -0.25) is 14.4 Å². The number of amides is 2. The lowest BCUT2D eigenvalue weighted by Crippen LogP contribution is -2.60. The van der Waals surface area contributed by atoms with Crippen molar-refractivity contribution in [2.24, 2.45) is 29.1 Å². The third kappa shape index (κ3) is 4.61. The van der Waals surface area contributed by atoms with E-state index >= 15 is 0 Å². The number of nitrogens with one attached hydrogen (secondary N) is 1. The van der Waals surface area contributed by atoms with E-state index in [1.165, 1.54) is 13.5 Å². The Morgan fingerprint density at radius 1 is 1.27 bits per heavy atom. The number of nitrogens with zero attached hydrogens (tertiary/aromatic N) is 1. The maximum Gasteiger partial charge on any atom is 0.247 e. The van der Waals surface area contributed by atoms with Gasteiger partial charge >= 0.3 is 0 Å². The van der Waals surface area contributed by atoms with Crippen LogP contribution >= 0.6 is 0 Å². The molecule has 0 radical (unpaired) electrons. The minimum absolute atomic E-state index is 0.0564. The first-order valence-electron chi connectivity index (χ1n) is 14.5. The highest BCUT2D eigenvalue weighted by molar-refractivity contribution is 5.96. The van der Waals surface area contributed by atoms with Gasteiger partial charge in [0.15, 0.2) is 11.5 Å². The van der Waals surface area contributed by atoms with Gasteiger partial charge in [-0.15, -0.1) is 0 Å². The molecule has 6 rings (SSSR count). The molecule has 40 heavy (non-hydrogen) atoms. The fraction of sp³-hybridized carbons (Fsp3) is 0.645. The maximum absolute atomic E-state index is 13.7. The number of aliphatic hydroxyl groups excluding tert-OH is 2. The third-order valence-electron chi connectivity index (χ3n) is 9.98. The monoisotopic (exact) mass is 554 g/mol. The molecule has 7 unspecified atom stereocenters. The molecule has 1 heterocycles. The van der Waals surface area contributed by atoms with E-state index in [-0.39, 0.29) is 30.4 Å². The van der Waals surface area contributed by atoms with E-state index in [4.69, 9.17) is 9.47 Å². The quantitative estimate of drug-likeness (QED) is 0.401. The van der Waals surface area contributed by atoms with Gasteiger partial charge in [-0.25, -0.2) is 0 Å². The Morgan fingerprint density at radius 3 is 2.62 bits per heavy atom. The van der Waals surface area contributed by atoms with Crippen LogP contribution in [0.15, 0.2) is 23.8 Å². The summed E-state index contributed by atoms with van der Waals surface area (Å²) in [7, 11) is 1.47. The fourth-order valence-electron chi connectivity index (χ4n) is 7.68. The van der Waals surface area contributed by atoms with Crippen molar-refractivity contribution in [3.63, 3.8) is 0 Å². The van der Waals surface area contributed by atoms with Crippen LogP contribution in [-0.4, -0.2) is 78.3 Å². The first kappa shape index (κ1) is 28.6. The Bertz CT molecular complexity index is 1210. The molecule has 5 aliphatic rings. The van der Waals surface area contributed by atoms with Crippen molar-refractivity contribution in [2.75, 3.05) is 26.8 Å². The molecule has 1 aromatic rings. The summed E-state index contributed by atoms with van der Waals surface area (Å²) in [6, 6.07) is 2.44. The number of carbonyl (C=O) groups is 3. The number of rotatable bonds is 9. The molecule has 1 aromatic carbocycles. The maximum atomic E-state index is 13.7. The highest BCUT2D eigenvalue weighted by atomic mass is 16.5. The Labute approximate surface area is 235 Å². The molecular weight excluding hydrogens is 512 g/mol. The summed E-state index contributed by atoms with van der Waals surface area (Å²) in [5.41, 5.74) is 1.51. The molecule has 1 aliphatic heterocycles. The lowest BCUT2D eigenvalue weighted by Gasteiger charge is -2.61. The zero-order valence-corrected chi connectivity index (χ0v) is 24.1.